The molecule has 1 N–H and O–H groups in total. The number of halogens is 2. The van der Waals surface area contributed by atoms with Gasteiger partial charge >= 0.3 is 0 Å². The van der Waals surface area contributed by atoms with Gasteiger partial charge in [0.15, 0.2) is 0 Å². The van der Waals surface area contributed by atoms with Gasteiger partial charge in [-0.1, -0.05) is 18.2 Å². The number of likely N-dealkylation sites (tertiary alicyclic amines) is 1. The summed E-state index contributed by atoms with van der Waals surface area (Å²) in [6.45, 7) is 7.35. The van der Waals surface area contributed by atoms with Gasteiger partial charge in [0.05, 0.1) is 6.54 Å². The van der Waals surface area contributed by atoms with E-state index >= 15 is 0 Å². The molecule has 0 radical (unpaired) electrons. The number of piperidine rings is 1. The van der Waals surface area contributed by atoms with Crippen molar-refractivity contribution in [2.24, 2.45) is 0 Å². The Balaban J connectivity index is 1.97. The third-order valence-electron chi connectivity index (χ3n) is 5.01. The maximum absolute atomic E-state index is 14.5. The summed E-state index contributed by atoms with van der Waals surface area (Å²) in [5.74, 6) is -1.44. The molecule has 2 aromatic rings. The molecule has 1 saturated heterocycles. The highest BCUT2D eigenvalue weighted by atomic mass is 19.1. The molecule has 1 aromatic heterocycles. The summed E-state index contributed by atoms with van der Waals surface area (Å²) in [6.07, 6.45) is 4.51. The molecular weight excluding hydrogens is 326 g/mol. The van der Waals surface area contributed by atoms with Gasteiger partial charge in [0.1, 0.15) is 29.9 Å². The maximum atomic E-state index is 14.5. The van der Waals surface area contributed by atoms with Gasteiger partial charge in [0, 0.05) is 30.8 Å². The predicted molar refractivity (Wildman–Crippen MR) is 89.7 cm³/mol. The highest BCUT2D eigenvalue weighted by Gasteiger charge is 2.42. The zero-order valence-electron chi connectivity index (χ0n) is 14.2. The van der Waals surface area contributed by atoms with Crippen molar-refractivity contribution in [3.63, 3.8) is 0 Å². The zero-order valence-corrected chi connectivity index (χ0v) is 14.2. The molecule has 0 amide bonds. The zero-order chi connectivity index (χ0) is 18.0. The molecule has 0 bridgehead atoms. The molecule has 1 aliphatic rings. The van der Waals surface area contributed by atoms with Crippen LogP contribution in [0.25, 0.3) is 0 Å². The Bertz CT molecular complexity index is 740. The number of hydrogen-bond donors (Lipinski definition) is 1. The fourth-order valence-corrected chi connectivity index (χ4v) is 3.37. The van der Waals surface area contributed by atoms with Crippen molar-refractivity contribution in [3.8, 4) is 0 Å². The molecule has 2 heterocycles. The van der Waals surface area contributed by atoms with Crippen molar-refractivity contribution < 1.29 is 13.9 Å². The van der Waals surface area contributed by atoms with Crippen LogP contribution in [-0.2, 0) is 12.1 Å². The molecule has 25 heavy (non-hydrogen) atoms. The topological polar surface area (TPSA) is 54.2 Å². The van der Waals surface area contributed by atoms with Crippen LogP contribution in [0.15, 0.2) is 43.0 Å². The first-order valence-electron chi connectivity index (χ1n) is 8.31. The number of hydrogen-bond acceptors (Lipinski definition) is 4. The van der Waals surface area contributed by atoms with Crippen LogP contribution < -0.4 is 0 Å². The lowest BCUT2D eigenvalue weighted by Crippen LogP contribution is -2.53. The average Bonchev–Trinajstić information content (AvgIpc) is 3.07. The van der Waals surface area contributed by atoms with E-state index in [1.807, 2.05) is 6.92 Å². The molecule has 0 spiro atoms. The molecule has 1 aliphatic heterocycles. The number of rotatable bonds is 5. The monoisotopic (exact) mass is 348 g/mol. The van der Waals surface area contributed by atoms with Crippen molar-refractivity contribution in [2.75, 3.05) is 13.1 Å². The molecule has 0 unspecified atom stereocenters. The third-order valence-corrected chi connectivity index (χ3v) is 5.01. The molecule has 0 saturated carbocycles. The number of benzene rings is 1. The lowest BCUT2D eigenvalue weighted by atomic mass is 9.84. The largest absolute Gasteiger partial charge is 0.381 e. The van der Waals surface area contributed by atoms with Gasteiger partial charge in [-0.2, -0.15) is 5.10 Å². The van der Waals surface area contributed by atoms with Crippen molar-refractivity contribution in [1.82, 2.24) is 19.7 Å². The van der Waals surface area contributed by atoms with E-state index in [4.69, 9.17) is 0 Å². The first kappa shape index (κ1) is 17.7. The van der Waals surface area contributed by atoms with Crippen molar-refractivity contribution in [2.45, 2.75) is 38.0 Å². The lowest BCUT2D eigenvalue weighted by Gasteiger charge is -2.43. The standard InChI is InChI=1S/C18H22F2N4O/c1-13-5-7-23(8-6-13)14(2)18(25,10-24-12-21-11-22-24)16-4-3-15(19)9-17(16)20/h3-4,9,11-12,14,25H,1,5-8,10H2,2H3/t14-,18+/m0/s1. The van der Waals surface area contributed by atoms with Gasteiger partial charge in [-0.3, -0.25) is 4.90 Å². The van der Waals surface area contributed by atoms with E-state index < -0.39 is 23.3 Å². The smallest absolute Gasteiger partial charge is 0.137 e. The fraction of sp³-hybridized carbons (Fsp3) is 0.444. The minimum absolute atomic E-state index is 0.0220. The van der Waals surface area contributed by atoms with E-state index in [-0.39, 0.29) is 12.1 Å². The fourth-order valence-electron chi connectivity index (χ4n) is 3.37. The lowest BCUT2D eigenvalue weighted by molar-refractivity contribution is -0.0657. The Morgan fingerprint density at radius 1 is 1.32 bits per heavy atom. The number of aliphatic hydroxyl groups is 1. The van der Waals surface area contributed by atoms with Gasteiger partial charge in [0.25, 0.3) is 0 Å². The molecule has 134 valence electrons. The molecule has 2 atom stereocenters. The van der Waals surface area contributed by atoms with E-state index in [0.717, 1.165) is 38.1 Å². The molecule has 1 aromatic carbocycles. The summed E-state index contributed by atoms with van der Waals surface area (Å²) in [5, 5.41) is 15.5. The Morgan fingerprint density at radius 2 is 2.04 bits per heavy atom. The van der Waals surface area contributed by atoms with Crippen LogP contribution in [-0.4, -0.2) is 43.9 Å². The Hall–Kier alpha value is -2.12. The third kappa shape index (κ3) is 3.62. The van der Waals surface area contributed by atoms with E-state index in [2.05, 4.69) is 21.6 Å². The van der Waals surface area contributed by atoms with E-state index in [0.29, 0.717) is 0 Å². The first-order valence-corrected chi connectivity index (χ1v) is 8.31. The number of nitrogens with zero attached hydrogens (tertiary/aromatic N) is 4. The van der Waals surface area contributed by atoms with E-state index in [9.17, 15) is 13.9 Å². The second-order valence-electron chi connectivity index (χ2n) is 6.60. The summed E-state index contributed by atoms with van der Waals surface area (Å²) in [6, 6.07) is 2.87. The van der Waals surface area contributed by atoms with Crippen LogP contribution in [0.2, 0.25) is 0 Å². The SMILES string of the molecule is C=C1CCN([C@@H](C)[C@](O)(Cn2cncn2)c2ccc(F)cc2F)CC1. The first-order chi connectivity index (χ1) is 11.9. The summed E-state index contributed by atoms with van der Waals surface area (Å²) >= 11 is 0. The second kappa shape index (κ2) is 7.01. The van der Waals surface area contributed by atoms with Crippen molar-refractivity contribution >= 4 is 0 Å². The minimum atomic E-state index is -1.58. The van der Waals surface area contributed by atoms with Crippen LogP contribution in [0, 0.1) is 11.6 Å². The van der Waals surface area contributed by atoms with E-state index in [1.54, 1.807) is 0 Å². The van der Waals surface area contributed by atoms with Gasteiger partial charge < -0.3 is 5.11 Å². The molecule has 3 rings (SSSR count). The molecule has 0 aliphatic carbocycles. The summed E-state index contributed by atoms with van der Waals surface area (Å²) in [7, 11) is 0. The normalized spacial score (nSPS) is 19.6. The quantitative estimate of drug-likeness (QED) is 0.844. The molecular formula is C18H22F2N4O. The Labute approximate surface area is 145 Å². The molecule has 5 nitrogen and oxygen atoms in total. The maximum Gasteiger partial charge on any atom is 0.137 e. The van der Waals surface area contributed by atoms with E-state index in [1.165, 1.54) is 29.0 Å². The molecule has 7 heteroatoms. The molecule has 1 fully saturated rings. The van der Waals surface area contributed by atoms with Gasteiger partial charge in [-0.25, -0.2) is 18.4 Å². The number of aromatic nitrogens is 3. The second-order valence-corrected chi connectivity index (χ2v) is 6.60. The van der Waals surface area contributed by atoms with Crippen LogP contribution in [0.4, 0.5) is 8.78 Å². The highest BCUT2D eigenvalue weighted by molar-refractivity contribution is 5.27. The summed E-state index contributed by atoms with van der Waals surface area (Å²) < 4.78 is 29.3. The van der Waals surface area contributed by atoms with Crippen LogP contribution in [0.3, 0.4) is 0 Å². The van der Waals surface area contributed by atoms with Crippen LogP contribution >= 0.6 is 0 Å². The van der Waals surface area contributed by atoms with Crippen molar-refractivity contribution in [1.29, 1.82) is 0 Å². The Morgan fingerprint density at radius 3 is 2.64 bits per heavy atom. The average molecular weight is 348 g/mol. The predicted octanol–water partition coefficient (Wildman–Crippen LogP) is 2.48. The summed E-state index contributed by atoms with van der Waals surface area (Å²) in [4.78, 5) is 5.99. The van der Waals surface area contributed by atoms with Crippen LogP contribution in [0.1, 0.15) is 25.3 Å². The Kier molecular flexibility index (Phi) is 4.96. The van der Waals surface area contributed by atoms with Crippen LogP contribution in [0.5, 0.6) is 0 Å². The van der Waals surface area contributed by atoms with Gasteiger partial charge in [-0.05, 0) is 25.8 Å². The minimum Gasteiger partial charge on any atom is -0.381 e. The van der Waals surface area contributed by atoms with Gasteiger partial charge in [-0.15, -0.1) is 0 Å². The van der Waals surface area contributed by atoms with Crippen molar-refractivity contribution in [3.05, 3.63) is 60.2 Å². The highest BCUT2D eigenvalue weighted by Crippen LogP contribution is 2.34. The summed E-state index contributed by atoms with van der Waals surface area (Å²) in [5.41, 5.74) is -0.345. The van der Waals surface area contributed by atoms with Gasteiger partial charge in [0.2, 0.25) is 0 Å².